The highest BCUT2D eigenvalue weighted by atomic mass is 79.9. The minimum absolute atomic E-state index is 0.379. The molecule has 0 aromatic carbocycles. The van der Waals surface area contributed by atoms with Crippen LogP contribution in [0, 0.1) is 6.92 Å². The number of carboxylic acid groups (broad SMARTS) is 1. The average molecular weight is 319 g/mol. The lowest BCUT2D eigenvalue weighted by Crippen LogP contribution is -2.10. The van der Waals surface area contributed by atoms with Crippen LogP contribution in [0.1, 0.15) is 5.56 Å². The highest BCUT2D eigenvalue weighted by Crippen LogP contribution is 2.43. The Balaban J connectivity index is 2.38. The molecular weight excluding hydrogens is 312 g/mol. The van der Waals surface area contributed by atoms with Crippen LogP contribution < -0.4 is 4.74 Å². The maximum absolute atomic E-state index is 10.5. The molecule has 0 saturated heterocycles. The number of aromatic amines is 1. The molecule has 2 aromatic rings. The summed E-state index contributed by atoms with van der Waals surface area (Å²) in [4.78, 5) is 11.1. The summed E-state index contributed by atoms with van der Waals surface area (Å²) in [6.45, 7) is 1.41. The van der Waals surface area contributed by atoms with E-state index in [0.717, 1.165) is 9.35 Å². The molecule has 0 radical (unpaired) electrons. The Kier molecular flexibility index (Phi) is 3.38. The Morgan fingerprint density at radius 3 is 3.00 bits per heavy atom. The van der Waals surface area contributed by atoms with E-state index in [1.807, 2.05) is 6.92 Å². The summed E-state index contributed by atoms with van der Waals surface area (Å²) in [6.07, 6.45) is 0. The van der Waals surface area contributed by atoms with Gasteiger partial charge >= 0.3 is 5.97 Å². The summed E-state index contributed by atoms with van der Waals surface area (Å²) < 4.78 is 6.08. The van der Waals surface area contributed by atoms with Gasteiger partial charge in [0.15, 0.2) is 6.61 Å². The predicted octanol–water partition coefficient (Wildman–Crippen LogP) is 1.46. The number of tetrazole rings is 1. The zero-order valence-corrected chi connectivity index (χ0v) is 11.0. The molecule has 0 amide bonds. The number of carboxylic acids is 1. The quantitative estimate of drug-likeness (QED) is 0.885. The fourth-order valence-electron chi connectivity index (χ4n) is 1.18. The van der Waals surface area contributed by atoms with E-state index in [1.165, 1.54) is 11.3 Å². The first kappa shape index (κ1) is 12.0. The topological polar surface area (TPSA) is 101 Å². The van der Waals surface area contributed by atoms with Crippen LogP contribution in [-0.2, 0) is 4.79 Å². The van der Waals surface area contributed by atoms with Crippen LogP contribution in [0.25, 0.3) is 10.7 Å². The lowest BCUT2D eigenvalue weighted by Gasteiger charge is -2.03. The monoisotopic (exact) mass is 318 g/mol. The first-order valence-electron chi connectivity index (χ1n) is 4.47. The first-order valence-corrected chi connectivity index (χ1v) is 6.08. The van der Waals surface area contributed by atoms with Gasteiger partial charge in [0.25, 0.3) is 0 Å². The van der Waals surface area contributed by atoms with Gasteiger partial charge in [0, 0.05) is 5.56 Å². The molecule has 2 rings (SSSR count). The highest BCUT2D eigenvalue weighted by molar-refractivity contribution is 9.11. The molecule has 7 nitrogen and oxygen atoms in total. The van der Waals surface area contributed by atoms with Crippen molar-refractivity contribution < 1.29 is 14.6 Å². The number of nitrogens with one attached hydrogen (secondary N) is 1. The minimum Gasteiger partial charge on any atom is -0.480 e. The summed E-state index contributed by atoms with van der Waals surface area (Å²) in [5.74, 6) is -0.194. The molecule has 2 N–H and O–H groups in total. The number of ether oxygens (including phenoxy) is 1. The number of thiophene rings is 1. The van der Waals surface area contributed by atoms with Crippen LogP contribution >= 0.6 is 27.3 Å². The van der Waals surface area contributed by atoms with Gasteiger partial charge in [-0.3, -0.25) is 0 Å². The fourth-order valence-corrected chi connectivity index (χ4v) is 2.76. The molecule has 2 aromatic heterocycles. The van der Waals surface area contributed by atoms with Crippen molar-refractivity contribution in [2.24, 2.45) is 0 Å². The van der Waals surface area contributed by atoms with Gasteiger partial charge in [-0.1, -0.05) is 0 Å². The number of nitrogens with zero attached hydrogens (tertiary/aromatic N) is 3. The molecule has 17 heavy (non-hydrogen) atoms. The number of H-pyrrole nitrogens is 1. The second kappa shape index (κ2) is 4.80. The lowest BCUT2D eigenvalue weighted by atomic mass is 10.3. The van der Waals surface area contributed by atoms with E-state index in [1.54, 1.807) is 0 Å². The number of hydrogen-bond donors (Lipinski definition) is 2. The van der Waals surface area contributed by atoms with Crippen molar-refractivity contribution in [2.45, 2.75) is 6.92 Å². The normalized spacial score (nSPS) is 10.5. The Labute approximate surface area is 108 Å². The summed E-state index contributed by atoms with van der Waals surface area (Å²) in [6, 6.07) is 0. The summed E-state index contributed by atoms with van der Waals surface area (Å²) >= 11 is 4.73. The Morgan fingerprint density at radius 1 is 1.65 bits per heavy atom. The predicted molar refractivity (Wildman–Crippen MR) is 63.1 cm³/mol. The van der Waals surface area contributed by atoms with Gasteiger partial charge in [0.1, 0.15) is 10.6 Å². The van der Waals surface area contributed by atoms with Crippen LogP contribution in [0.2, 0.25) is 0 Å². The third-order valence-corrected chi connectivity index (χ3v) is 4.06. The molecule has 0 fully saturated rings. The van der Waals surface area contributed by atoms with Crippen LogP contribution in [0.3, 0.4) is 0 Å². The number of hydrogen-bond acceptors (Lipinski definition) is 6. The molecule has 2 heterocycles. The average Bonchev–Trinajstić information content (AvgIpc) is 2.87. The number of halogens is 1. The zero-order chi connectivity index (χ0) is 12.4. The maximum atomic E-state index is 10.5. The van der Waals surface area contributed by atoms with Crippen LogP contribution in [0.4, 0.5) is 0 Å². The van der Waals surface area contributed by atoms with E-state index >= 15 is 0 Å². The van der Waals surface area contributed by atoms with Crippen molar-refractivity contribution >= 4 is 33.2 Å². The second-order valence-electron chi connectivity index (χ2n) is 3.08. The maximum Gasteiger partial charge on any atom is 0.341 e. The van der Waals surface area contributed by atoms with Crippen molar-refractivity contribution in [3.05, 3.63) is 9.35 Å². The molecule has 0 saturated carbocycles. The minimum atomic E-state index is -1.04. The van der Waals surface area contributed by atoms with Gasteiger partial charge in [0.05, 0.1) is 3.79 Å². The molecular formula is C8H7BrN4O3S. The largest absolute Gasteiger partial charge is 0.480 e. The summed E-state index contributed by atoms with van der Waals surface area (Å²) in [5.41, 5.74) is 0.816. The molecule has 0 unspecified atom stereocenters. The number of carbonyl (C=O) groups is 1. The Bertz CT molecular complexity index is 539. The molecule has 0 aliphatic carbocycles. The van der Waals surface area contributed by atoms with Gasteiger partial charge < -0.3 is 9.84 Å². The van der Waals surface area contributed by atoms with Gasteiger partial charge in [-0.2, -0.15) is 5.21 Å². The molecule has 0 bridgehead atoms. The van der Waals surface area contributed by atoms with E-state index in [4.69, 9.17) is 9.84 Å². The van der Waals surface area contributed by atoms with Crippen molar-refractivity contribution in [3.8, 4) is 16.5 Å². The SMILES string of the molecule is Cc1c(Br)sc(-c2nn[nH]n2)c1OCC(=O)O. The van der Waals surface area contributed by atoms with E-state index in [9.17, 15) is 4.79 Å². The third-order valence-electron chi connectivity index (χ3n) is 1.92. The van der Waals surface area contributed by atoms with Gasteiger partial charge in [-0.25, -0.2) is 4.79 Å². The van der Waals surface area contributed by atoms with Crippen molar-refractivity contribution in [3.63, 3.8) is 0 Å². The molecule has 0 spiro atoms. The molecule has 0 atom stereocenters. The first-order chi connectivity index (χ1) is 8.09. The lowest BCUT2D eigenvalue weighted by molar-refractivity contribution is -0.139. The number of rotatable bonds is 4. The van der Waals surface area contributed by atoms with Gasteiger partial charge in [0.2, 0.25) is 5.82 Å². The fraction of sp³-hybridized carbons (Fsp3) is 0.250. The van der Waals surface area contributed by atoms with E-state index < -0.39 is 12.6 Å². The summed E-state index contributed by atoms with van der Waals surface area (Å²) in [5, 5.41) is 22.1. The van der Waals surface area contributed by atoms with E-state index in [0.29, 0.717) is 16.5 Å². The summed E-state index contributed by atoms with van der Waals surface area (Å²) in [7, 11) is 0. The van der Waals surface area contributed by atoms with E-state index in [-0.39, 0.29) is 0 Å². The Hall–Kier alpha value is -1.48. The van der Waals surface area contributed by atoms with Gasteiger partial charge in [-0.15, -0.1) is 21.5 Å². The van der Waals surface area contributed by atoms with Crippen molar-refractivity contribution in [2.75, 3.05) is 6.61 Å². The highest BCUT2D eigenvalue weighted by Gasteiger charge is 2.20. The molecule has 90 valence electrons. The van der Waals surface area contributed by atoms with Gasteiger partial charge in [-0.05, 0) is 28.1 Å². The van der Waals surface area contributed by atoms with Crippen LogP contribution in [-0.4, -0.2) is 38.3 Å². The zero-order valence-electron chi connectivity index (χ0n) is 8.60. The Morgan fingerprint density at radius 2 is 2.41 bits per heavy atom. The molecule has 0 aliphatic rings. The van der Waals surface area contributed by atoms with Crippen molar-refractivity contribution in [1.82, 2.24) is 20.6 Å². The standard InChI is InChI=1S/C8H7BrN4O3S/c1-3-5(16-2-4(14)15)6(17-7(3)9)8-10-12-13-11-8/h2H2,1H3,(H,14,15)(H,10,11,12,13). The van der Waals surface area contributed by atoms with Crippen LogP contribution in [0.15, 0.2) is 3.79 Å². The molecule has 0 aliphatic heterocycles. The third kappa shape index (κ3) is 2.44. The van der Waals surface area contributed by atoms with E-state index in [2.05, 4.69) is 36.6 Å². The number of aliphatic carboxylic acids is 1. The molecule has 9 heteroatoms. The van der Waals surface area contributed by atoms with Crippen molar-refractivity contribution in [1.29, 1.82) is 0 Å². The smallest absolute Gasteiger partial charge is 0.341 e. The number of aromatic nitrogens is 4. The second-order valence-corrected chi connectivity index (χ2v) is 5.42. The van der Waals surface area contributed by atoms with Crippen LogP contribution in [0.5, 0.6) is 5.75 Å².